The third-order valence-corrected chi connectivity index (χ3v) is 1.12. The van der Waals surface area contributed by atoms with Crippen molar-refractivity contribution in [3.8, 4) is 0 Å². The highest BCUT2D eigenvalue weighted by Crippen LogP contribution is 1.83. The first-order chi connectivity index (χ1) is 5.72. The number of hydrogen-bond acceptors (Lipinski definition) is 4. The summed E-state index contributed by atoms with van der Waals surface area (Å²) in [7, 11) is 1.73. The standard InChI is InChI=1S/C5H12O.C3H8O3/c1-3-4-5-6-2;4-1-3(6)2-5/h3-5H2,1-2H3;3-6H,1-2H2. The zero-order valence-corrected chi connectivity index (χ0v) is 7.86. The molecule has 0 saturated carbocycles. The topological polar surface area (TPSA) is 69.9 Å². The largest absolute Gasteiger partial charge is 0.394 e. The zero-order chi connectivity index (χ0) is 9.82. The summed E-state index contributed by atoms with van der Waals surface area (Å²) in [5, 5.41) is 24.0. The predicted molar refractivity (Wildman–Crippen MR) is 47.0 cm³/mol. The van der Waals surface area contributed by atoms with Gasteiger partial charge in [-0.05, 0) is 6.42 Å². The fraction of sp³-hybridized carbons (Fsp3) is 1.00. The van der Waals surface area contributed by atoms with Crippen molar-refractivity contribution in [2.75, 3.05) is 26.9 Å². The number of aliphatic hydroxyl groups is 3. The van der Waals surface area contributed by atoms with Crippen molar-refractivity contribution in [1.82, 2.24) is 0 Å². The third kappa shape index (κ3) is 16.4. The van der Waals surface area contributed by atoms with Crippen LogP contribution in [-0.2, 0) is 4.74 Å². The second-order valence-electron chi connectivity index (χ2n) is 2.37. The molecule has 0 rings (SSSR count). The molecular weight excluding hydrogens is 160 g/mol. The Morgan fingerprint density at radius 1 is 1.25 bits per heavy atom. The van der Waals surface area contributed by atoms with Crippen LogP contribution >= 0.6 is 0 Å². The van der Waals surface area contributed by atoms with Gasteiger partial charge in [0.05, 0.1) is 13.2 Å². The molecule has 12 heavy (non-hydrogen) atoms. The lowest BCUT2D eigenvalue weighted by atomic mass is 10.4. The van der Waals surface area contributed by atoms with Gasteiger partial charge in [0.2, 0.25) is 0 Å². The highest BCUT2D eigenvalue weighted by molar-refractivity contribution is 4.44. The lowest BCUT2D eigenvalue weighted by molar-refractivity contribution is 0.0450. The molecule has 76 valence electrons. The van der Waals surface area contributed by atoms with Crippen molar-refractivity contribution in [3.63, 3.8) is 0 Å². The van der Waals surface area contributed by atoms with E-state index in [1.165, 1.54) is 12.8 Å². The molecule has 4 nitrogen and oxygen atoms in total. The Hall–Kier alpha value is -0.160. The predicted octanol–water partition coefficient (Wildman–Crippen LogP) is -0.235. The summed E-state index contributed by atoms with van der Waals surface area (Å²) >= 11 is 0. The van der Waals surface area contributed by atoms with Crippen molar-refractivity contribution < 1.29 is 20.1 Å². The second kappa shape index (κ2) is 13.4. The Kier molecular flexibility index (Phi) is 16.1. The van der Waals surface area contributed by atoms with E-state index in [2.05, 4.69) is 6.92 Å². The first-order valence-corrected chi connectivity index (χ1v) is 4.11. The van der Waals surface area contributed by atoms with Crippen molar-refractivity contribution in [2.24, 2.45) is 0 Å². The van der Waals surface area contributed by atoms with Crippen LogP contribution in [0.4, 0.5) is 0 Å². The van der Waals surface area contributed by atoms with Gasteiger partial charge in [0.1, 0.15) is 6.10 Å². The van der Waals surface area contributed by atoms with Crippen molar-refractivity contribution in [3.05, 3.63) is 0 Å². The maximum absolute atomic E-state index is 8.17. The summed E-state index contributed by atoms with van der Waals surface area (Å²) in [6.45, 7) is 2.34. The molecule has 0 aromatic carbocycles. The van der Waals surface area contributed by atoms with Crippen LogP contribution in [0.2, 0.25) is 0 Å². The highest BCUT2D eigenvalue weighted by Gasteiger charge is 1.93. The van der Waals surface area contributed by atoms with Gasteiger partial charge in [0, 0.05) is 13.7 Å². The zero-order valence-electron chi connectivity index (χ0n) is 7.86. The molecule has 0 bridgehead atoms. The number of hydrogen-bond donors (Lipinski definition) is 3. The summed E-state index contributed by atoms with van der Waals surface area (Å²) < 4.78 is 4.78. The van der Waals surface area contributed by atoms with Crippen LogP contribution in [-0.4, -0.2) is 48.4 Å². The molecule has 0 aromatic rings. The molecule has 0 aromatic heterocycles. The summed E-state index contributed by atoms with van der Waals surface area (Å²) in [6.07, 6.45) is 1.47. The number of unbranched alkanes of at least 4 members (excludes halogenated alkanes) is 1. The number of rotatable bonds is 5. The van der Waals surface area contributed by atoms with E-state index >= 15 is 0 Å². The van der Waals surface area contributed by atoms with Gasteiger partial charge in [-0.15, -0.1) is 0 Å². The Balaban J connectivity index is 0. The minimum Gasteiger partial charge on any atom is -0.394 e. The van der Waals surface area contributed by atoms with Crippen LogP contribution in [0, 0.1) is 0 Å². The Morgan fingerprint density at radius 3 is 1.83 bits per heavy atom. The molecule has 0 fully saturated rings. The van der Waals surface area contributed by atoms with Gasteiger partial charge >= 0.3 is 0 Å². The highest BCUT2D eigenvalue weighted by atomic mass is 16.5. The van der Waals surface area contributed by atoms with E-state index in [4.69, 9.17) is 20.1 Å². The molecule has 0 amide bonds. The maximum atomic E-state index is 8.17. The molecule has 0 aliphatic rings. The van der Waals surface area contributed by atoms with Crippen LogP contribution in [0.15, 0.2) is 0 Å². The summed E-state index contributed by atoms with van der Waals surface area (Å²) in [5.41, 5.74) is 0. The van der Waals surface area contributed by atoms with Crippen molar-refractivity contribution in [1.29, 1.82) is 0 Å². The third-order valence-electron chi connectivity index (χ3n) is 1.12. The first-order valence-electron chi connectivity index (χ1n) is 4.11. The van der Waals surface area contributed by atoms with E-state index < -0.39 is 6.10 Å². The van der Waals surface area contributed by atoms with Crippen molar-refractivity contribution in [2.45, 2.75) is 25.9 Å². The molecule has 0 spiro atoms. The molecule has 0 atom stereocenters. The van der Waals surface area contributed by atoms with Gasteiger partial charge < -0.3 is 20.1 Å². The summed E-state index contributed by atoms with van der Waals surface area (Å²) in [4.78, 5) is 0. The van der Waals surface area contributed by atoms with Crippen LogP contribution in [0.5, 0.6) is 0 Å². The SMILES string of the molecule is CCCCOC.OCC(O)CO. The molecule has 0 aliphatic heterocycles. The van der Waals surface area contributed by atoms with Crippen LogP contribution in [0.1, 0.15) is 19.8 Å². The summed E-state index contributed by atoms with van der Waals surface area (Å²) in [6, 6.07) is 0. The molecule has 4 heteroatoms. The minimum absolute atomic E-state index is 0.365. The Bertz CT molecular complexity index is 60.1. The van der Waals surface area contributed by atoms with Crippen molar-refractivity contribution >= 4 is 0 Å². The van der Waals surface area contributed by atoms with E-state index in [1.54, 1.807) is 7.11 Å². The van der Waals surface area contributed by atoms with Gasteiger partial charge in [-0.3, -0.25) is 0 Å². The average Bonchev–Trinajstić information content (AvgIpc) is 2.14. The fourth-order valence-corrected chi connectivity index (χ4v) is 0.346. The molecule has 0 aliphatic carbocycles. The molecule has 0 unspecified atom stereocenters. The molecule has 0 saturated heterocycles. The van der Waals surface area contributed by atoms with Gasteiger partial charge in [-0.1, -0.05) is 13.3 Å². The Labute approximate surface area is 73.8 Å². The fourth-order valence-electron chi connectivity index (χ4n) is 0.346. The van der Waals surface area contributed by atoms with Crippen LogP contribution in [0.25, 0.3) is 0 Å². The van der Waals surface area contributed by atoms with Crippen LogP contribution < -0.4 is 0 Å². The number of methoxy groups -OCH3 is 1. The molecule has 3 N–H and O–H groups in total. The molecule has 0 radical (unpaired) electrons. The van der Waals surface area contributed by atoms with Gasteiger partial charge in [-0.25, -0.2) is 0 Å². The smallest absolute Gasteiger partial charge is 0.100 e. The number of aliphatic hydroxyl groups excluding tert-OH is 3. The quantitative estimate of drug-likeness (QED) is 0.511. The van der Waals surface area contributed by atoms with Crippen LogP contribution in [0.3, 0.4) is 0 Å². The summed E-state index contributed by atoms with van der Waals surface area (Å²) in [5.74, 6) is 0. The lowest BCUT2D eigenvalue weighted by Crippen LogP contribution is -2.15. The van der Waals surface area contributed by atoms with E-state index in [1.807, 2.05) is 0 Å². The Morgan fingerprint density at radius 2 is 1.75 bits per heavy atom. The van der Waals surface area contributed by atoms with Gasteiger partial charge in [0.25, 0.3) is 0 Å². The van der Waals surface area contributed by atoms with E-state index in [-0.39, 0.29) is 13.2 Å². The second-order valence-corrected chi connectivity index (χ2v) is 2.37. The maximum Gasteiger partial charge on any atom is 0.100 e. The van der Waals surface area contributed by atoms with E-state index in [9.17, 15) is 0 Å². The lowest BCUT2D eigenvalue weighted by Gasteiger charge is -1.96. The monoisotopic (exact) mass is 180 g/mol. The minimum atomic E-state index is -0.954. The van der Waals surface area contributed by atoms with Gasteiger partial charge in [-0.2, -0.15) is 0 Å². The number of ether oxygens (including phenoxy) is 1. The van der Waals surface area contributed by atoms with Gasteiger partial charge in [0.15, 0.2) is 0 Å². The van der Waals surface area contributed by atoms with E-state index in [0.717, 1.165) is 6.61 Å². The normalized spacial score (nSPS) is 9.50. The van der Waals surface area contributed by atoms with E-state index in [0.29, 0.717) is 0 Å². The molecular formula is C8H20O4. The molecule has 0 heterocycles. The first kappa shape index (κ1) is 14.4. The average molecular weight is 180 g/mol.